The Hall–Kier alpha value is -0.940. The molecule has 3 atom stereocenters. The van der Waals surface area contributed by atoms with Gasteiger partial charge < -0.3 is 15.0 Å². The number of fused-ring (bicyclic) bond motifs is 1. The maximum absolute atomic E-state index is 5.53. The van der Waals surface area contributed by atoms with E-state index in [9.17, 15) is 0 Å². The Bertz CT molecular complexity index is 517. The van der Waals surface area contributed by atoms with E-state index in [1.165, 1.54) is 44.3 Å². The number of nitrogens with zero attached hydrogens (tertiary/aromatic N) is 2. The molecule has 25 heavy (non-hydrogen) atoms. The smallest absolute Gasteiger partial charge is 0.0594 e. The minimum Gasteiger partial charge on any atom is -0.379 e. The first-order valence-electron chi connectivity index (χ1n) is 10.2. The Morgan fingerprint density at radius 1 is 1.04 bits per heavy atom. The van der Waals surface area contributed by atoms with Gasteiger partial charge in [0.05, 0.1) is 13.2 Å². The van der Waals surface area contributed by atoms with Crippen LogP contribution in [0, 0.1) is 0 Å². The molecule has 0 radical (unpaired) electrons. The summed E-state index contributed by atoms with van der Waals surface area (Å²) in [7, 11) is 0. The van der Waals surface area contributed by atoms with E-state index < -0.39 is 0 Å². The lowest BCUT2D eigenvalue weighted by molar-refractivity contribution is 0.0319. The highest BCUT2D eigenvalue weighted by Crippen LogP contribution is 2.27. The Morgan fingerprint density at radius 3 is 2.72 bits per heavy atom. The molecule has 0 saturated carbocycles. The molecule has 4 heteroatoms. The average Bonchev–Trinajstić information content (AvgIpc) is 3.11. The summed E-state index contributed by atoms with van der Waals surface area (Å²) in [6, 6.07) is 13.1. The number of nitrogens with one attached hydrogen (secondary N) is 1. The lowest BCUT2D eigenvalue weighted by Crippen LogP contribution is -2.53. The summed E-state index contributed by atoms with van der Waals surface area (Å²) in [5.74, 6) is 0. The van der Waals surface area contributed by atoms with Gasteiger partial charge >= 0.3 is 0 Å². The second-order valence-corrected chi connectivity index (χ2v) is 8.02. The first-order chi connectivity index (χ1) is 12.4. The van der Waals surface area contributed by atoms with Gasteiger partial charge in [-0.25, -0.2) is 0 Å². The van der Waals surface area contributed by atoms with Gasteiger partial charge in [0.15, 0.2) is 0 Å². The van der Waals surface area contributed by atoms with E-state index in [0.29, 0.717) is 12.1 Å². The third-order valence-corrected chi connectivity index (χ3v) is 6.20. The summed E-state index contributed by atoms with van der Waals surface area (Å²) >= 11 is 0. The Labute approximate surface area is 152 Å². The van der Waals surface area contributed by atoms with Crippen molar-refractivity contribution in [3.63, 3.8) is 0 Å². The molecule has 0 spiro atoms. The molecule has 1 aromatic carbocycles. The molecule has 1 N–H and O–H groups in total. The largest absolute Gasteiger partial charge is 0.379 e. The highest BCUT2D eigenvalue weighted by Gasteiger charge is 2.32. The zero-order chi connectivity index (χ0) is 16.9. The van der Waals surface area contributed by atoms with Crippen LogP contribution in [0.2, 0.25) is 0 Å². The van der Waals surface area contributed by atoms with E-state index in [1.807, 2.05) is 0 Å². The van der Waals surface area contributed by atoms with Gasteiger partial charge in [-0.05, 0) is 50.8 Å². The maximum Gasteiger partial charge on any atom is 0.0594 e. The van der Waals surface area contributed by atoms with Gasteiger partial charge in [-0.3, -0.25) is 4.90 Å². The molecule has 0 bridgehead atoms. The first-order valence-corrected chi connectivity index (χ1v) is 10.2. The van der Waals surface area contributed by atoms with E-state index in [-0.39, 0.29) is 0 Å². The molecule has 3 aliphatic heterocycles. The Kier molecular flexibility index (Phi) is 6.03. The number of hydrogen-bond donors (Lipinski definition) is 1. The van der Waals surface area contributed by atoms with Crippen molar-refractivity contribution in [1.29, 1.82) is 0 Å². The molecule has 0 amide bonds. The number of hydrogen-bond acceptors (Lipinski definition) is 4. The van der Waals surface area contributed by atoms with Crippen molar-refractivity contribution in [2.24, 2.45) is 0 Å². The molecule has 1 aromatic rings. The number of rotatable bonds is 6. The van der Waals surface area contributed by atoms with Crippen molar-refractivity contribution in [3.05, 3.63) is 35.9 Å². The van der Waals surface area contributed by atoms with E-state index in [0.717, 1.165) is 45.3 Å². The van der Waals surface area contributed by atoms with Crippen LogP contribution < -0.4 is 5.32 Å². The second-order valence-electron chi connectivity index (χ2n) is 8.02. The molecule has 0 aromatic heterocycles. The normalized spacial score (nSPS) is 29.4. The van der Waals surface area contributed by atoms with Crippen LogP contribution in [0.5, 0.6) is 0 Å². The monoisotopic (exact) mass is 343 g/mol. The van der Waals surface area contributed by atoms with Gasteiger partial charge in [-0.1, -0.05) is 30.3 Å². The molecule has 3 aliphatic rings. The van der Waals surface area contributed by atoms with Crippen molar-refractivity contribution in [1.82, 2.24) is 15.1 Å². The Balaban J connectivity index is 1.37. The third-order valence-electron chi connectivity index (χ3n) is 6.20. The molecule has 0 aliphatic carbocycles. The van der Waals surface area contributed by atoms with Gasteiger partial charge in [0.25, 0.3) is 0 Å². The summed E-state index contributed by atoms with van der Waals surface area (Å²) in [4.78, 5) is 5.29. The molecular formula is C21H33N3O. The van der Waals surface area contributed by atoms with Gasteiger partial charge in [0, 0.05) is 37.8 Å². The van der Waals surface area contributed by atoms with Crippen molar-refractivity contribution in [2.45, 2.75) is 50.2 Å². The van der Waals surface area contributed by atoms with E-state index in [2.05, 4.69) is 45.4 Å². The fraction of sp³-hybridized carbons (Fsp3) is 0.714. The highest BCUT2D eigenvalue weighted by molar-refractivity contribution is 5.16. The third kappa shape index (κ3) is 4.82. The SMILES string of the molecule is c1ccc(C[C@H](CN2CCOCC2)N[C@@H]2CCN3CCC[C@@H]3C2)cc1. The van der Waals surface area contributed by atoms with Crippen molar-refractivity contribution >= 4 is 0 Å². The fourth-order valence-electron chi connectivity index (χ4n) is 4.88. The summed E-state index contributed by atoms with van der Waals surface area (Å²) < 4.78 is 5.53. The summed E-state index contributed by atoms with van der Waals surface area (Å²) in [6.45, 7) is 7.69. The minimum atomic E-state index is 0.540. The molecule has 3 saturated heterocycles. The molecule has 3 heterocycles. The van der Waals surface area contributed by atoms with Crippen LogP contribution in [0.3, 0.4) is 0 Å². The molecule has 3 fully saturated rings. The lowest BCUT2D eigenvalue weighted by atomic mass is 9.95. The van der Waals surface area contributed by atoms with Crippen LogP contribution in [-0.2, 0) is 11.2 Å². The maximum atomic E-state index is 5.53. The van der Waals surface area contributed by atoms with Gasteiger partial charge in [0.2, 0.25) is 0 Å². The molecule has 0 unspecified atom stereocenters. The van der Waals surface area contributed by atoms with Crippen LogP contribution in [0.4, 0.5) is 0 Å². The van der Waals surface area contributed by atoms with Crippen molar-refractivity contribution in [3.8, 4) is 0 Å². The van der Waals surface area contributed by atoms with Gasteiger partial charge in [0.1, 0.15) is 0 Å². The minimum absolute atomic E-state index is 0.540. The summed E-state index contributed by atoms with van der Waals surface area (Å²) in [5, 5.41) is 4.06. The Morgan fingerprint density at radius 2 is 1.88 bits per heavy atom. The standard InChI is InChI=1S/C21H33N3O/c1-2-5-18(6-3-1)15-20(17-23-11-13-25-14-12-23)22-19-8-10-24-9-4-7-21(24)16-19/h1-3,5-6,19-22H,4,7-17H2/t19-,20-,21-/m1/s1. The van der Waals surface area contributed by atoms with Gasteiger partial charge in [-0.15, -0.1) is 0 Å². The van der Waals surface area contributed by atoms with Crippen LogP contribution in [0.25, 0.3) is 0 Å². The summed E-state index contributed by atoms with van der Waals surface area (Å²) in [6.07, 6.45) is 6.59. The number of morpholine rings is 1. The summed E-state index contributed by atoms with van der Waals surface area (Å²) in [5.41, 5.74) is 1.45. The average molecular weight is 344 g/mol. The van der Waals surface area contributed by atoms with Crippen molar-refractivity contribution in [2.75, 3.05) is 45.9 Å². The first kappa shape index (κ1) is 17.5. The zero-order valence-corrected chi connectivity index (χ0v) is 15.4. The molecule has 4 rings (SSSR count). The van der Waals surface area contributed by atoms with Crippen LogP contribution in [-0.4, -0.2) is 73.9 Å². The fourth-order valence-corrected chi connectivity index (χ4v) is 4.88. The predicted molar refractivity (Wildman–Crippen MR) is 102 cm³/mol. The quantitative estimate of drug-likeness (QED) is 0.857. The highest BCUT2D eigenvalue weighted by atomic mass is 16.5. The second kappa shape index (κ2) is 8.63. The molecular weight excluding hydrogens is 310 g/mol. The van der Waals surface area contributed by atoms with E-state index in [4.69, 9.17) is 4.74 Å². The topological polar surface area (TPSA) is 27.7 Å². The number of benzene rings is 1. The van der Waals surface area contributed by atoms with Crippen LogP contribution >= 0.6 is 0 Å². The molecule has 138 valence electrons. The van der Waals surface area contributed by atoms with E-state index in [1.54, 1.807) is 0 Å². The predicted octanol–water partition coefficient (Wildman–Crippen LogP) is 2.15. The van der Waals surface area contributed by atoms with E-state index >= 15 is 0 Å². The number of ether oxygens (including phenoxy) is 1. The van der Waals surface area contributed by atoms with Gasteiger partial charge in [-0.2, -0.15) is 0 Å². The van der Waals surface area contributed by atoms with Crippen LogP contribution in [0.15, 0.2) is 30.3 Å². The molecule has 4 nitrogen and oxygen atoms in total. The van der Waals surface area contributed by atoms with Crippen molar-refractivity contribution < 1.29 is 4.74 Å². The number of piperidine rings is 1. The zero-order valence-electron chi connectivity index (χ0n) is 15.4. The van der Waals surface area contributed by atoms with Crippen LogP contribution in [0.1, 0.15) is 31.2 Å². The lowest BCUT2D eigenvalue weighted by Gasteiger charge is -2.38.